The van der Waals surface area contributed by atoms with Gasteiger partial charge in [-0.1, -0.05) is 18.3 Å². The van der Waals surface area contributed by atoms with Gasteiger partial charge in [-0.15, -0.1) is 5.10 Å². The number of hydrogen-bond donors (Lipinski definition) is 2. The minimum atomic E-state index is -0.210. The lowest BCUT2D eigenvalue weighted by atomic mass is 10.1. The van der Waals surface area contributed by atoms with Gasteiger partial charge in [-0.3, -0.25) is 4.79 Å². The number of amides is 1. The Hall–Kier alpha value is -1.01. The number of aliphatic hydroxyl groups is 1. The molecule has 0 bridgehead atoms. The standard InChI is InChI=1S/C8H13N3O2S/c1-5(2)6-7(14-11-10-6)8(13)9-3-4-12/h5,12H,3-4H2,1-2H3,(H,9,13). The van der Waals surface area contributed by atoms with Crippen LogP contribution in [0.15, 0.2) is 0 Å². The number of hydrogen-bond acceptors (Lipinski definition) is 5. The van der Waals surface area contributed by atoms with Crippen LogP contribution in [0.4, 0.5) is 0 Å². The predicted octanol–water partition coefficient (Wildman–Crippen LogP) is 0.384. The highest BCUT2D eigenvalue weighted by atomic mass is 32.1. The van der Waals surface area contributed by atoms with Crippen LogP contribution in [-0.4, -0.2) is 33.8 Å². The molecule has 1 aromatic rings. The van der Waals surface area contributed by atoms with Crippen molar-refractivity contribution in [3.05, 3.63) is 10.6 Å². The summed E-state index contributed by atoms with van der Waals surface area (Å²) in [6, 6.07) is 0. The van der Waals surface area contributed by atoms with Gasteiger partial charge in [-0.2, -0.15) is 0 Å². The Morgan fingerprint density at radius 3 is 2.93 bits per heavy atom. The molecule has 78 valence electrons. The van der Waals surface area contributed by atoms with Crippen molar-refractivity contribution in [3.63, 3.8) is 0 Å². The lowest BCUT2D eigenvalue weighted by molar-refractivity contribution is 0.0947. The maximum atomic E-state index is 11.5. The largest absolute Gasteiger partial charge is 0.395 e. The average molecular weight is 215 g/mol. The molecule has 0 unspecified atom stereocenters. The normalized spacial score (nSPS) is 10.6. The van der Waals surface area contributed by atoms with Crippen molar-refractivity contribution in [1.82, 2.24) is 14.9 Å². The second-order valence-corrected chi connectivity index (χ2v) is 3.88. The summed E-state index contributed by atoms with van der Waals surface area (Å²) < 4.78 is 3.74. The number of nitrogens with one attached hydrogen (secondary N) is 1. The highest BCUT2D eigenvalue weighted by Gasteiger charge is 2.17. The smallest absolute Gasteiger partial charge is 0.265 e. The molecule has 0 aliphatic rings. The van der Waals surface area contributed by atoms with E-state index in [9.17, 15) is 4.79 Å². The number of aliphatic hydroxyl groups excluding tert-OH is 1. The Kier molecular flexibility index (Phi) is 3.97. The van der Waals surface area contributed by atoms with E-state index in [4.69, 9.17) is 5.11 Å². The van der Waals surface area contributed by atoms with E-state index in [1.807, 2.05) is 13.8 Å². The maximum absolute atomic E-state index is 11.5. The second kappa shape index (κ2) is 5.02. The number of carbonyl (C=O) groups is 1. The van der Waals surface area contributed by atoms with Crippen LogP contribution >= 0.6 is 11.5 Å². The summed E-state index contributed by atoms with van der Waals surface area (Å²) >= 11 is 1.08. The highest BCUT2D eigenvalue weighted by molar-refractivity contribution is 7.08. The Morgan fingerprint density at radius 1 is 1.64 bits per heavy atom. The third-order valence-electron chi connectivity index (χ3n) is 1.66. The summed E-state index contributed by atoms with van der Waals surface area (Å²) in [7, 11) is 0. The van der Waals surface area contributed by atoms with Crippen LogP contribution in [0.2, 0.25) is 0 Å². The summed E-state index contributed by atoms with van der Waals surface area (Å²) in [6.45, 7) is 4.11. The van der Waals surface area contributed by atoms with Gasteiger partial charge in [0.15, 0.2) is 0 Å². The van der Waals surface area contributed by atoms with Gasteiger partial charge in [0.1, 0.15) is 4.88 Å². The molecule has 0 radical (unpaired) electrons. The quantitative estimate of drug-likeness (QED) is 0.761. The molecule has 2 N–H and O–H groups in total. The van der Waals surface area contributed by atoms with Gasteiger partial charge < -0.3 is 10.4 Å². The predicted molar refractivity (Wildman–Crippen MR) is 53.4 cm³/mol. The molecule has 1 heterocycles. The molecule has 0 saturated carbocycles. The summed E-state index contributed by atoms with van der Waals surface area (Å²) in [5, 5.41) is 15.0. The van der Waals surface area contributed by atoms with Crippen LogP contribution in [0.25, 0.3) is 0 Å². The fourth-order valence-corrected chi connectivity index (χ4v) is 1.72. The van der Waals surface area contributed by atoms with E-state index in [0.29, 0.717) is 10.6 Å². The molecule has 1 amide bonds. The Balaban J connectivity index is 2.74. The van der Waals surface area contributed by atoms with Gasteiger partial charge in [0.2, 0.25) is 0 Å². The van der Waals surface area contributed by atoms with E-state index in [2.05, 4.69) is 14.9 Å². The fourth-order valence-electron chi connectivity index (χ4n) is 0.983. The zero-order chi connectivity index (χ0) is 10.6. The van der Waals surface area contributed by atoms with Crippen molar-refractivity contribution in [3.8, 4) is 0 Å². The van der Waals surface area contributed by atoms with Crippen molar-refractivity contribution in [1.29, 1.82) is 0 Å². The molecule has 0 aliphatic heterocycles. The number of aromatic nitrogens is 2. The molecule has 0 aromatic carbocycles. The number of rotatable bonds is 4. The third kappa shape index (κ3) is 2.49. The van der Waals surface area contributed by atoms with Gasteiger partial charge in [-0.25, -0.2) is 0 Å². The maximum Gasteiger partial charge on any atom is 0.265 e. The first kappa shape index (κ1) is 11.1. The molecule has 14 heavy (non-hydrogen) atoms. The van der Waals surface area contributed by atoms with Gasteiger partial charge >= 0.3 is 0 Å². The van der Waals surface area contributed by atoms with Crippen molar-refractivity contribution in [2.75, 3.05) is 13.2 Å². The van der Waals surface area contributed by atoms with Crippen molar-refractivity contribution < 1.29 is 9.90 Å². The Labute approximate surface area is 86.3 Å². The van der Waals surface area contributed by atoms with Crippen molar-refractivity contribution in [2.45, 2.75) is 19.8 Å². The minimum absolute atomic E-state index is 0.0605. The van der Waals surface area contributed by atoms with Gasteiger partial charge in [0.05, 0.1) is 12.3 Å². The van der Waals surface area contributed by atoms with E-state index in [1.165, 1.54) is 0 Å². The monoisotopic (exact) mass is 215 g/mol. The summed E-state index contributed by atoms with van der Waals surface area (Å²) in [5.74, 6) is -0.0265. The first-order valence-electron chi connectivity index (χ1n) is 4.38. The van der Waals surface area contributed by atoms with Crippen LogP contribution in [0, 0.1) is 0 Å². The zero-order valence-electron chi connectivity index (χ0n) is 8.15. The van der Waals surface area contributed by atoms with Crippen LogP contribution in [-0.2, 0) is 0 Å². The molecule has 0 fully saturated rings. The fraction of sp³-hybridized carbons (Fsp3) is 0.625. The molecule has 0 saturated heterocycles. The molecular weight excluding hydrogens is 202 g/mol. The SMILES string of the molecule is CC(C)c1nnsc1C(=O)NCCO. The first-order chi connectivity index (χ1) is 6.66. The van der Waals surface area contributed by atoms with E-state index in [1.54, 1.807) is 0 Å². The summed E-state index contributed by atoms with van der Waals surface area (Å²) in [4.78, 5) is 12.0. The Bertz CT molecular complexity index is 311. The second-order valence-electron chi connectivity index (χ2n) is 3.12. The van der Waals surface area contributed by atoms with Crippen molar-refractivity contribution >= 4 is 17.4 Å². The van der Waals surface area contributed by atoms with Gasteiger partial charge in [-0.05, 0) is 17.5 Å². The minimum Gasteiger partial charge on any atom is -0.395 e. The molecule has 0 spiro atoms. The van der Waals surface area contributed by atoms with Crippen LogP contribution in [0.1, 0.15) is 35.1 Å². The molecule has 0 aliphatic carbocycles. The Morgan fingerprint density at radius 2 is 2.36 bits per heavy atom. The lowest BCUT2D eigenvalue weighted by Gasteiger charge is -2.03. The van der Waals surface area contributed by atoms with Crippen LogP contribution in [0.5, 0.6) is 0 Å². The van der Waals surface area contributed by atoms with Crippen LogP contribution < -0.4 is 5.32 Å². The number of carbonyl (C=O) groups excluding carboxylic acids is 1. The van der Waals surface area contributed by atoms with Gasteiger partial charge in [0.25, 0.3) is 5.91 Å². The van der Waals surface area contributed by atoms with E-state index < -0.39 is 0 Å². The summed E-state index contributed by atoms with van der Waals surface area (Å²) in [6.07, 6.45) is 0. The summed E-state index contributed by atoms with van der Waals surface area (Å²) in [5.41, 5.74) is 0.713. The average Bonchev–Trinajstić information content (AvgIpc) is 2.62. The van der Waals surface area contributed by atoms with E-state index in [-0.39, 0.29) is 25.0 Å². The molecular formula is C8H13N3O2S. The highest BCUT2D eigenvalue weighted by Crippen LogP contribution is 2.19. The van der Waals surface area contributed by atoms with E-state index >= 15 is 0 Å². The molecule has 5 nitrogen and oxygen atoms in total. The third-order valence-corrected chi connectivity index (χ3v) is 2.40. The first-order valence-corrected chi connectivity index (χ1v) is 5.15. The molecule has 1 rings (SSSR count). The topological polar surface area (TPSA) is 75.1 Å². The molecule has 1 aromatic heterocycles. The molecule has 6 heteroatoms. The van der Waals surface area contributed by atoms with Crippen LogP contribution in [0.3, 0.4) is 0 Å². The molecule has 0 atom stereocenters. The van der Waals surface area contributed by atoms with E-state index in [0.717, 1.165) is 11.5 Å². The van der Waals surface area contributed by atoms with Crippen molar-refractivity contribution in [2.24, 2.45) is 0 Å². The zero-order valence-corrected chi connectivity index (χ0v) is 8.97. The van der Waals surface area contributed by atoms with Gasteiger partial charge in [0, 0.05) is 6.54 Å². The number of nitrogens with zero attached hydrogens (tertiary/aromatic N) is 2. The lowest BCUT2D eigenvalue weighted by Crippen LogP contribution is -2.26.